The van der Waals surface area contributed by atoms with Gasteiger partial charge in [-0.3, -0.25) is 14.5 Å². The van der Waals surface area contributed by atoms with Gasteiger partial charge >= 0.3 is 0 Å². The summed E-state index contributed by atoms with van der Waals surface area (Å²) in [5, 5.41) is 13.8. The number of hydrogen-bond donors (Lipinski definition) is 1. The molecule has 8 nitrogen and oxygen atoms in total. The lowest BCUT2D eigenvalue weighted by atomic mass is 10.0. The van der Waals surface area contributed by atoms with Crippen LogP contribution in [0.4, 0.5) is 0 Å². The Morgan fingerprint density at radius 3 is 2.67 bits per heavy atom. The van der Waals surface area contributed by atoms with Gasteiger partial charge in [-0.15, -0.1) is 0 Å². The van der Waals surface area contributed by atoms with E-state index in [0.717, 1.165) is 11.3 Å². The number of benzene rings is 1. The molecule has 4 rings (SSSR count). The van der Waals surface area contributed by atoms with Crippen LogP contribution in [0.2, 0.25) is 0 Å². The Labute approximate surface area is 157 Å². The summed E-state index contributed by atoms with van der Waals surface area (Å²) in [5.41, 5.74) is 2.06. The number of amides is 2. The first-order chi connectivity index (χ1) is 13.1. The Kier molecular flexibility index (Phi) is 4.67. The third-order valence-electron chi connectivity index (χ3n) is 5.37. The maximum atomic E-state index is 12.6. The number of hydrogen-bond acceptors (Lipinski definition) is 5. The molecule has 3 heterocycles. The number of likely N-dealkylation sites (N-methyl/N-ethyl adjacent to an activating group) is 1. The third-order valence-corrected chi connectivity index (χ3v) is 5.37. The fourth-order valence-corrected chi connectivity index (χ4v) is 3.83. The maximum absolute atomic E-state index is 12.6. The number of rotatable bonds is 4. The average molecular weight is 369 g/mol. The van der Waals surface area contributed by atoms with E-state index in [0.29, 0.717) is 26.2 Å². The molecule has 2 atom stereocenters. The molecule has 2 aromatic rings. The fraction of sp³-hybridized carbons (Fsp3) is 0.421. The second-order valence-electron chi connectivity index (χ2n) is 7.06. The minimum Gasteiger partial charge on any atom is -0.394 e. The first-order valence-corrected chi connectivity index (χ1v) is 9.08. The Hall–Kier alpha value is -2.71. The molecule has 2 aliphatic rings. The summed E-state index contributed by atoms with van der Waals surface area (Å²) >= 11 is 0. The van der Waals surface area contributed by atoms with Crippen LogP contribution in [0, 0.1) is 0 Å². The van der Waals surface area contributed by atoms with Crippen LogP contribution in [-0.4, -0.2) is 86.8 Å². The second-order valence-corrected chi connectivity index (χ2v) is 7.06. The standard InChI is InChI=1S/C19H23N5O3/c1-21-17(13-25)19(27)23-8-7-22(12-16(23)18(21)26)10-14-9-20-24(11-14)15-5-3-2-4-6-15/h2-6,9,11,16-17,25H,7-8,10,12-13H2,1H3/t16-,17+/m1/s1. The number of carbonyl (C=O) groups excluding carboxylic acids is 2. The van der Waals surface area contributed by atoms with Gasteiger partial charge in [-0.2, -0.15) is 5.10 Å². The number of fused-ring (bicyclic) bond motifs is 1. The summed E-state index contributed by atoms with van der Waals surface area (Å²) in [5.74, 6) is -0.278. The Morgan fingerprint density at radius 2 is 1.93 bits per heavy atom. The van der Waals surface area contributed by atoms with Gasteiger partial charge in [-0.1, -0.05) is 18.2 Å². The van der Waals surface area contributed by atoms with E-state index in [4.69, 9.17) is 0 Å². The largest absolute Gasteiger partial charge is 0.394 e. The average Bonchev–Trinajstić information content (AvgIpc) is 3.16. The van der Waals surface area contributed by atoms with Crippen LogP contribution < -0.4 is 0 Å². The van der Waals surface area contributed by atoms with Crippen molar-refractivity contribution >= 4 is 11.8 Å². The Bertz CT molecular complexity index is 837. The number of nitrogens with zero attached hydrogens (tertiary/aromatic N) is 5. The number of aliphatic hydroxyl groups is 1. The van der Waals surface area contributed by atoms with Crippen molar-refractivity contribution in [3.63, 3.8) is 0 Å². The lowest BCUT2D eigenvalue weighted by Crippen LogP contribution is -2.69. The van der Waals surface area contributed by atoms with Crippen LogP contribution in [0.1, 0.15) is 5.56 Å². The smallest absolute Gasteiger partial charge is 0.248 e. The predicted molar refractivity (Wildman–Crippen MR) is 98.0 cm³/mol. The molecule has 142 valence electrons. The molecule has 0 spiro atoms. The predicted octanol–water partition coefficient (Wildman–Crippen LogP) is -0.282. The molecular weight excluding hydrogens is 346 g/mol. The molecule has 0 saturated carbocycles. The highest BCUT2D eigenvalue weighted by Gasteiger charge is 2.46. The zero-order chi connectivity index (χ0) is 19.0. The van der Waals surface area contributed by atoms with Crippen molar-refractivity contribution in [1.29, 1.82) is 0 Å². The van der Waals surface area contributed by atoms with Gasteiger partial charge in [0.25, 0.3) is 0 Å². The van der Waals surface area contributed by atoms with Crippen molar-refractivity contribution in [3.05, 3.63) is 48.3 Å². The van der Waals surface area contributed by atoms with E-state index >= 15 is 0 Å². The van der Waals surface area contributed by atoms with Crippen molar-refractivity contribution in [2.24, 2.45) is 0 Å². The summed E-state index contributed by atoms with van der Waals surface area (Å²) in [4.78, 5) is 30.3. The van der Waals surface area contributed by atoms with Crippen LogP contribution in [0.15, 0.2) is 42.7 Å². The van der Waals surface area contributed by atoms with E-state index in [2.05, 4.69) is 10.00 Å². The molecule has 0 radical (unpaired) electrons. The van der Waals surface area contributed by atoms with E-state index in [9.17, 15) is 14.7 Å². The van der Waals surface area contributed by atoms with Crippen molar-refractivity contribution in [3.8, 4) is 5.69 Å². The Balaban J connectivity index is 1.45. The number of para-hydroxylation sites is 1. The molecule has 8 heteroatoms. The van der Waals surface area contributed by atoms with Crippen LogP contribution in [0.25, 0.3) is 5.69 Å². The molecule has 0 bridgehead atoms. The lowest BCUT2D eigenvalue weighted by molar-refractivity contribution is -0.165. The van der Waals surface area contributed by atoms with E-state index in [-0.39, 0.29) is 18.4 Å². The van der Waals surface area contributed by atoms with Gasteiger partial charge < -0.3 is 14.9 Å². The zero-order valence-electron chi connectivity index (χ0n) is 15.2. The van der Waals surface area contributed by atoms with Gasteiger partial charge in [0.15, 0.2) is 0 Å². The zero-order valence-corrected chi connectivity index (χ0v) is 15.2. The van der Waals surface area contributed by atoms with Gasteiger partial charge in [0.1, 0.15) is 12.1 Å². The molecule has 2 amide bonds. The maximum Gasteiger partial charge on any atom is 0.248 e. The number of aromatic nitrogens is 2. The molecule has 2 fully saturated rings. The molecule has 2 aliphatic heterocycles. The number of piperazine rings is 2. The normalized spacial score (nSPS) is 23.6. The number of carbonyl (C=O) groups is 2. The minimum atomic E-state index is -0.760. The summed E-state index contributed by atoms with van der Waals surface area (Å²) in [7, 11) is 1.58. The van der Waals surface area contributed by atoms with Gasteiger partial charge in [-0.25, -0.2) is 4.68 Å². The molecule has 1 aromatic heterocycles. The first kappa shape index (κ1) is 17.7. The second kappa shape index (κ2) is 7.13. The van der Waals surface area contributed by atoms with Gasteiger partial charge in [0, 0.05) is 45.0 Å². The third kappa shape index (κ3) is 3.22. The van der Waals surface area contributed by atoms with E-state index < -0.39 is 12.1 Å². The van der Waals surface area contributed by atoms with Crippen LogP contribution in [0.3, 0.4) is 0 Å². The van der Waals surface area contributed by atoms with Gasteiger partial charge in [0.2, 0.25) is 11.8 Å². The summed E-state index contributed by atoms with van der Waals surface area (Å²) in [6.07, 6.45) is 3.82. The van der Waals surface area contributed by atoms with E-state index in [1.54, 1.807) is 11.9 Å². The van der Waals surface area contributed by atoms with Crippen LogP contribution in [0.5, 0.6) is 0 Å². The molecule has 0 aliphatic carbocycles. The van der Waals surface area contributed by atoms with E-state index in [1.165, 1.54) is 4.90 Å². The highest BCUT2D eigenvalue weighted by Crippen LogP contribution is 2.22. The van der Waals surface area contributed by atoms with Crippen molar-refractivity contribution < 1.29 is 14.7 Å². The molecule has 2 saturated heterocycles. The topological polar surface area (TPSA) is 81.9 Å². The summed E-state index contributed by atoms with van der Waals surface area (Å²) < 4.78 is 1.83. The minimum absolute atomic E-state index is 0.113. The summed E-state index contributed by atoms with van der Waals surface area (Å²) in [6, 6.07) is 8.65. The van der Waals surface area contributed by atoms with Crippen molar-refractivity contribution in [1.82, 2.24) is 24.5 Å². The molecule has 0 unspecified atom stereocenters. The van der Waals surface area contributed by atoms with Crippen LogP contribution >= 0.6 is 0 Å². The van der Waals surface area contributed by atoms with Gasteiger partial charge in [-0.05, 0) is 12.1 Å². The molecule has 1 N–H and O–H groups in total. The molecule has 27 heavy (non-hydrogen) atoms. The van der Waals surface area contributed by atoms with Crippen LogP contribution in [-0.2, 0) is 16.1 Å². The lowest BCUT2D eigenvalue weighted by Gasteiger charge is -2.47. The molecule has 1 aromatic carbocycles. The monoisotopic (exact) mass is 369 g/mol. The number of aliphatic hydroxyl groups excluding tert-OH is 1. The highest BCUT2D eigenvalue weighted by atomic mass is 16.3. The van der Waals surface area contributed by atoms with Crippen molar-refractivity contribution in [2.45, 2.75) is 18.6 Å². The molecular formula is C19H23N5O3. The SMILES string of the molecule is CN1C(=O)[C@H]2CN(Cc3cnn(-c4ccccc4)c3)CCN2C(=O)[C@@H]1CO. The highest BCUT2D eigenvalue weighted by molar-refractivity contribution is 5.97. The van der Waals surface area contributed by atoms with E-state index in [1.807, 2.05) is 47.4 Å². The van der Waals surface area contributed by atoms with Gasteiger partial charge in [0.05, 0.1) is 18.5 Å². The first-order valence-electron chi connectivity index (χ1n) is 9.08. The summed E-state index contributed by atoms with van der Waals surface area (Å²) in [6.45, 7) is 2.00. The van der Waals surface area contributed by atoms with Crippen molar-refractivity contribution in [2.75, 3.05) is 33.3 Å². The Morgan fingerprint density at radius 1 is 1.15 bits per heavy atom. The quantitative estimate of drug-likeness (QED) is 0.802. The fourth-order valence-electron chi connectivity index (χ4n) is 3.83.